The van der Waals surface area contributed by atoms with Crippen LogP contribution in [0.15, 0.2) is 121 Å². The smallest absolute Gasteiger partial charge is 0.198 e. The molecule has 0 bridgehead atoms. The largest absolute Gasteiger partial charge is 0.355 e. The third-order valence-electron chi connectivity index (χ3n) is 16.4. The molecule has 7 aromatic carbocycles. The fourth-order valence-corrected chi connectivity index (χ4v) is 12.5. The lowest BCUT2D eigenvalue weighted by molar-refractivity contribution is 0.332. The Kier molecular flexibility index (Phi) is 7.69. The van der Waals surface area contributed by atoms with Gasteiger partial charge in [-0.05, 0) is 144 Å². The summed E-state index contributed by atoms with van der Waals surface area (Å²) in [6, 6.07) is 47.6. The van der Waals surface area contributed by atoms with Crippen molar-refractivity contribution >= 4 is 51.4 Å². The van der Waals surface area contributed by atoms with Crippen molar-refractivity contribution in [3.63, 3.8) is 0 Å². The van der Waals surface area contributed by atoms with Gasteiger partial charge < -0.3 is 9.88 Å². The van der Waals surface area contributed by atoms with Crippen LogP contribution in [-0.2, 0) is 27.1 Å². The fraction of sp³-hybridized carbons (Fsp3) is 0.300. The second kappa shape index (κ2) is 12.5. The first-order valence-electron chi connectivity index (χ1n) is 23.4. The van der Waals surface area contributed by atoms with Crippen molar-refractivity contribution in [1.82, 2.24) is 4.57 Å². The molecule has 1 N–H and O–H groups in total. The first-order chi connectivity index (χ1) is 29.8. The van der Waals surface area contributed by atoms with Crippen LogP contribution in [0.5, 0.6) is 0 Å². The minimum absolute atomic E-state index is 0.0696. The van der Waals surface area contributed by atoms with Crippen LogP contribution in [0.2, 0.25) is 0 Å². The van der Waals surface area contributed by atoms with Gasteiger partial charge in [-0.3, -0.25) is 0 Å². The number of hydrogen-bond acceptors (Lipinski definition) is 1. The number of nitrogens with zero attached hydrogens (tertiary/aromatic N) is 1. The fourth-order valence-electron chi connectivity index (χ4n) is 12.5. The minimum atomic E-state index is -0.0986. The quantitative estimate of drug-likeness (QED) is 0.176. The monoisotopic (exact) mass is 818 g/mol. The van der Waals surface area contributed by atoms with E-state index in [0.29, 0.717) is 0 Å². The van der Waals surface area contributed by atoms with E-state index < -0.39 is 0 Å². The summed E-state index contributed by atoms with van der Waals surface area (Å²) in [5.74, 6) is 0. The molecule has 312 valence electrons. The predicted octanol–water partition coefficient (Wildman–Crippen LogP) is 14.2. The molecule has 0 spiro atoms. The number of nitrogens with one attached hydrogen (secondary N) is 1. The number of hydrogen-bond donors (Lipinski definition) is 1. The van der Waals surface area contributed by atoms with Crippen molar-refractivity contribution in [3.8, 4) is 39.1 Å². The number of benzene rings is 7. The Bertz CT molecular complexity index is 3310. The highest BCUT2D eigenvalue weighted by atomic mass is 15.0. The molecule has 0 amide bonds. The molecule has 0 unspecified atom stereocenters. The Balaban J connectivity index is 1.16. The summed E-state index contributed by atoms with van der Waals surface area (Å²) in [5, 5.41) is 6.72. The van der Waals surface area contributed by atoms with Crippen LogP contribution >= 0.6 is 0 Å². The van der Waals surface area contributed by atoms with Crippen molar-refractivity contribution < 1.29 is 0 Å². The zero-order valence-corrected chi connectivity index (χ0v) is 39.1. The molecular weight excluding hydrogens is 759 g/mol. The molecule has 2 heterocycles. The average Bonchev–Trinajstić information content (AvgIpc) is 3.78. The Hall–Kier alpha value is -5.80. The number of anilines is 2. The van der Waals surface area contributed by atoms with Crippen LogP contribution in [0.3, 0.4) is 0 Å². The topological polar surface area (TPSA) is 17.0 Å². The van der Waals surface area contributed by atoms with E-state index in [1.54, 1.807) is 0 Å². The molecule has 2 nitrogen and oxygen atoms in total. The highest BCUT2D eigenvalue weighted by molar-refractivity contribution is 6.73. The lowest BCUT2D eigenvalue weighted by Crippen LogP contribution is -2.38. The second-order valence-electron chi connectivity index (χ2n) is 22.9. The zero-order chi connectivity index (χ0) is 43.7. The minimum Gasteiger partial charge on any atom is -0.355 e. The Morgan fingerprint density at radius 3 is 1.73 bits per heavy atom. The summed E-state index contributed by atoms with van der Waals surface area (Å²) in [5.41, 5.74) is 27.3. The van der Waals surface area contributed by atoms with Gasteiger partial charge in [-0.2, -0.15) is 0 Å². The molecule has 3 heteroatoms. The molecule has 4 aliphatic rings. The molecule has 0 saturated heterocycles. The van der Waals surface area contributed by atoms with E-state index in [1.165, 1.54) is 129 Å². The summed E-state index contributed by atoms with van der Waals surface area (Å²) in [6.45, 7) is 26.4. The maximum absolute atomic E-state index is 4.04. The highest BCUT2D eigenvalue weighted by Gasteiger charge is 2.41. The predicted molar refractivity (Wildman–Crippen MR) is 271 cm³/mol. The van der Waals surface area contributed by atoms with Crippen LogP contribution in [0.25, 0.3) is 60.9 Å². The molecule has 0 fully saturated rings. The van der Waals surface area contributed by atoms with Crippen LogP contribution < -0.4 is 16.2 Å². The van der Waals surface area contributed by atoms with Crippen molar-refractivity contribution in [3.05, 3.63) is 160 Å². The SMILES string of the molecule is CC(C)(C)c1ccc(Nc2cc3c(cc2-c2ccc4c5cc6c(cc5n5c4c2Bc2cc4c(cc2-5)-c2ccccc2C4(C)C)C(C)(C)c2ccccc2-6)C(C)(C)CCC3(C)C)cc1. The maximum atomic E-state index is 4.04. The van der Waals surface area contributed by atoms with Crippen molar-refractivity contribution in [2.45, 2.75) is 116 Å². The lowest BCUT2D eigenvalue weighted by Gasteiger charge is -2.42. The van der Waals surface area contributed by atoms with E-state index >= 15 is 0 Å². The summed E-state index contributed by atoms with van der Waals surface area (Å²) < 4.78 is 2.68. The van der Waals surface area contributed by atoms with Gasteiger partial charge in [0, 0.05) is 49.7 Å². The zero-order valence-electron chi connectivity index (χ0n) is 39.1. The molecular formula is C60H59BN2. The average molecular weight is 819 g/mol. The van der Waals surface area contributed by atoms with Gasteiger partial charge in [-0.25, -0.2) is 0 Å². The van der Waals surface area contributed by atoms with Gasteiger partial charge in [-0.1, -0.05) is 160 Å². The molecule has 0 saturated carbocycles. The van der Waals surface area contributed by atoms with Gasteiger partial charge in [0.05, 0.1) is 5.52 Å². The van der Waals surface area contributed by atoms with Crippen molar-refractivity contribution in [1.29, 1.82) is 0 Å². The van der Waals surface area contributed by atoms with Crippen LogP contribution in [0.4, 0.5) is 11.4 Å². The number of fused-ring (bicyclic) bond motifs is 12. The van der Waals surface area contributed by atoms with E-state index in [1.807, 2.05) is 0 Å². The van der Waals surface area contributed by atoms with E-state index in [-0.39, 0.29) is 27.1 Å². The lowest BCUT2D eigenvalue weighted by atomic mass is 9.57. The number of aromatic nitrogens is 1. The van der Waals surface area contributed by atoms with Crippen LogP contribution in [-0.4, -0.2) is 11.8 Å². The molecule has 0 atom stereocenters. The van der Waals surface area contributed by atoms with Gasteiger partial charge in [0.15, 0.2) is 7.28 Å². The van der Waals surface area contributed by atoms with Gasteiger partial charge in [0.25, 0.3) is 0 Å². The van der Waals surface area contributed by atoms with Crippen molar-refractivity contribution in [2.75, 3.05) is 5.32 Å². The Morgan fingerprint density at radius 2 is 1.10 bits per heavy atom. The van der Waals surface area contributed by atoms with Crippen LogP contribution in [0.1, 0.15) is 128 Å². The molecule has 3 aliphatic carbocycles. The van der Waals surface area contributed by atoms with Crippen molar-refractivity contribution in [2.24, 2.45) is 0 Å². The molecule has 0 radical (unpaired) electrons. The van der Waals surface area contributed by atoms with Gasteiger partial charge in [-0.15, -0.1) is 0 Å². The first kappa shape index (κ1) is 38.8. The number of rotatable bonds is 3. The van der Waals surface area contributed by atoms with E-state index in [9.17, 15) is 0 Å². The molecule has 1 aromatic heterocycles. The van der Waals surface area contributed by atoms with Gasteiger partial charge in [0.1, 0.15) is 0 Å². The first-order valence-corrected chi connectivity index (χ1v) is 23.4. The van der Waals surface area contributed by atoms with E-state index in [4.69, 9.17) is 0 Å². The molecule has 8 aromatic rings. The summed E-state index contributed by atoms with van der Waals surface area (Å²) in [7, 11) is 0.873. The third-order valence-corrected chi connectivity index (χ3v) is 16.4. The van der Waals surface area contributed by atoms with Gasteiger partial charge in [0.2, 0.25) is 0 Å². The molecule has 63 heavy (non-hydrogen) atoms. The summed E-state index contributed by atoms with van der Waals surface area (Å²) in [4.78, 5) is 0. The van der Waals surface area contributed by atoms with Crippen LogP contribution in [0, 0.1) is 0 Å². The van der Waals surface area contributed by atoms with Gasteiger partial charge >= 0.3 is 0 Å². The third kappa shape index (κ3) is 5.32. The van der Waals surface area contributed by atoms with E-state index in [0.717, 1.165) is 13.0 Å². The maximum Gasteiger partial charge on any atom is 0.198 e. The normalized spacial score (nSPS) is 17.6. The van der Waals surface area contributed by atoms with E-state index in [2.05, 4.69) is 207 Å². The summed E-state index contributed by atoms with van der Waals surface area (Å²) >= 11 is 0. The molecule has 12 rings (SSSR count). The standard InChI is InChI=1S/C60H59BN2/c1-56(2,3)34-20-22-35(23-21-34)62-51-32-49-48(57(4,5)26-27-58(49,6)7)29-42(51)38-24-25-39-43-28-40-36-16-12-14-18-44(36)60(10,11)47(40)33-52(43)63-53-30-41-37-17-13-15-19-45(37)59(8,9)46(41)31-50(53)61-54(38)55(39)63/h12-25,28-33,61-62H,26-27H2,1-11H3. The molecule has 1 aliphatic heterocycles. The Labute approximate surface area is 375 Å². The Morgan fingerprint density at radius 1 is 0.508 bits per heavy atom. The highest BCUT2D eigenvalue weighted by Crippen LogP contribution is 2.54. The summed E-state index contributed by atoms with van der Waals surface area (Å²) in [6.07, 6.45) is 2.35. The second-order valence-corrected chi connectivity index (χ2v) is 22.9.